The molecule has 0 fully saturated rings. The normalized spacial score (nSPS) is 13.0. The van der Waals surface area contributed by atoms with Crippen molar-refractivity contribution >= 4 is 34.0 Å². The Morgan fingerprint density at radius 2 is 1.87 bits per heavy atom. The molecule has 8 heteroatoms. The van der Waals surface area contributed by atoms with E-state index in [0.29, 0.717) is 0 Å². The molecule has 0 bridgehead atoms. The number of halogens is 2. The molecule has 2 aromatic rings. The highest BCUT2D eigenvalue weighted by atomic mass is 79.9. The summed E-state index contributed by atoms with van der Waals surface area (Å²) in [6.07, 6.45) is -0.705. The van der Waals surface area contributed by atoms with E-state index in [1.165, 1.54) is 12.1 Å². The minimum Gasteiger partial charge on any atom is -0.506 e. The number of benzene rings is 2. The van der Waals surface area contributed by atoms with Crippen LogP contribution in [0.2, 0.25) is 0 Å². The monoisotopic (exact) mass is 402 g/mol. The first-order valence-electron chi connectivity index (χ1n) is 6.54. The van der Waals surface area contributed by atoms with Gasteiger partial charge in [-0.25, -0.2) is 0 Å². The number of nitro groups is 1. The van der Waals surface area contributed by atoms with Gasteiger partial charge in [-0.15, -0.1) is 12.4 Å². The molecule has 0 saturated carbocycles. The highest BCUT2D eigenvalue weighted by Gasteiger charge is 2.24. The van der Waals surface area contributed by atoms with Gasteiger partial charge in [-0.2, -0.15) is 0 Å². The third-order valence-corrected chi connectivity index (χ3v) is 3.95. The standard InChI is InChI=1S/C15H15BrN2O4.ClH/c16-12-8-10(18(21)22)7-11(15(12)20)14(17)13(19)6-9-4-2-1-3-5-9;/h1-5,7-8,13-14,19-20H,6,17H2;1H/t13-,14+;/m1./s1. The number of nitrogens with zero attached hydrogens (tertiary/aromatic N) is 1. The Bertz CT molecular complexity index is 685. The first kappa shape index (κ1) is 19.4. The Hall–Kier alpha value is -1.67. The molecule has 6 nitrogen and oxygen atoms in total. The molecule has 2 aromatic carbocycles. The molecule has 0 saturated heterocycles. The number of non-ortho nitro benzene ring substituents is 1. The smallest absolute Gasteiger partial charge is 0.271 e. The van der Waals surface area contributed by atoms with Crippen LogP contribution in [0.25, 0.3) is 0 Å². The Labute approximate surface area is 147 Å². The zero-order chi connectivity index (χ0) is 16.3. The lowest BCUT2D eigenvalue weighted by Gasteiger charge is -2.20. The molecule has 0 aliphatic rings. The van der Waals surface area contributed by atoms with Crippen LogP contribution in [0.15, 0.2) is 46.9 Å². The van der Waals surface area contributed by atoms with Crippen LogP contribution in [0.3, 0.4) is 0 Å². The lowest BCUT2D eigenvalue weighted by atomic mass is 9.96. The molecule has 2 rings (SSSR count). The topological polar surface area (TPSA) is 110 Å². The molecule has 23 heavy (non-hydrogen) atoms. The summed E-state index contributed by atoms with van der Waals surface area (Å²) in [7, 11) is 0. The fraction of sp³-hybridized carbons (Fsp3) is 0.200. The van der Waals surface area contributed by atoms with E-state index in [1.54, 1.807) is 0 Å². The molecule has 2 atom stereocenters. The van der Waals surface area contributed by atoms with Gasteiger partial charge in [-0.05, 0) is 21.5 Å². The van der Waals surface area contributed by atoms with Crippen LogP contribution in [0.1, 0.15) is 17.2 Å². The van der Waals surface area contributed by atoms with Crippen LogP contribution in [0.5, 0.6) is 5.75 Å². The van der Waals surface area contributed by atoms with Crippen molar-refractivity contribution in [2.75, 3.05) is 0 Å². The summed E-state index contributed by atoms with van der Waals surface area (Å²) in [5, 5.41) is 31.2. The number of aromatic hydroxyl groups is 1. The van der Waals surface area contributed by atoms with Crippen LogP contribution >= 0.6 is 28.3 Å². The third kappa shape index (κ3) is 4.65. The van der Waals surface area contributed by atoms with Crippen LogP contribution in [-0.2, 0) is 6.42 Å². The zero-order valence-electron chi connectivity index (χ0n) is 11.9. The number of aliphatic hydroxyl groups is 1. The lowest BCUT2D eigenvalue weighted by Crippen LogP contribution is -2.28. The zero-order valence-corrected chi connectivity index (χ0v) is 14.3. The maximum absolute atomic E-state index is 10.9. The van der Waals surface area contributed by atoms with Crippen molar-refractivity contribution in [1.82, 2.24) is 0 Å². The number of nitro benzene ring substituents is 1. The van der Waals surface area contributed by atoms with Gasteiger partial charge < -0.3 is 15.9 Å². The van der Waals surface area contributed by atoms with E-state index in [1.807, 2.05) is 30.3 Å². The van der Waals surface area contributed by atoms with Gasteiger partial charge in [-0.1, -0.05) is 30.3 Å². The fourth-order valence-corrected chi connectivity index (χ4v) is 2.62. The number of nitrogens with two attached hydrogens (primary N) is 1. The van der Waals surface area contributed by atoms with E-state index in [9.17, 15) is 20.3 Å². The average Bonchev–Trinajstić information content (AvgIpc) is 2.50. The van der Waals surface area contributed by atoms with Crippen LogP contribution < -0.4 is 5.73 Å². The Balaban J connectivity index is 0.00000264. The summed E-state index contributed by atoms with van der Waals surface area (Å²) in [6, 6.07) is 10.7. The van der Waals surface area contributed by atoms with Crippen molar-refractivity contribution in [2.24, 2.45) is 5.73 Å². The second-order valence-electron chi connectivity index (χ2n) is 4.91. The predicted octanol–water partition coefficient (Wildman–Crippen LogP) is 3.09. The maximum Gasteiger partial charge on any atom is 0.271 e. The van der Waals surface area contributed by atoms with E-state index in [-0.39, 0.29) is 40.3 Å². The summed E-state index contributed by atoms with van der Waals surface area (Å²) in [4.78, 5) is 10.3. The molecule has 4 N–H and O–H groups in total. The first-order chi connectivity index (χ1) is 10.4. The summed E-state index contributed by atoms with van der Waals surface area (Å²) in [5.41, 5.74) is 6.78. The molecule has 0 heterocycles. The highest BCUT2D eigenvalue weighted by Crippen LogP contribution is 2.36. The number of hydrogen-bond acceptors (Lipinski definition) is 5. The van der Waals surface area contributed by atoms with Gasteiger partial charge in [-0.3, -0.25) is 10.1 Å². The van der Waals surface area contributed by atoms with Gasteiger partial charge in [0.15, 0.2) is 0 Å². The molecule has 124 valence electrons. The van der Waals surface area contributed by atoms with Crippen molar-refractivity contribution in [3.8, 4) is 5.75 Å². The third-order valence-electron chi connectivity index (χ3n) is 3.35. The number of phenols is 1. The van der Waals surface area contributed by atoms with Crippen molar-refractivity contribution in [3.63, 3.8) is 0 Å². The van der Waals surface area contributed by atoms with Crippen molar-refractivity contribution in [3.05, 3.63) is 68.2 Å². The van der Waals surface area contributed by atoms with Crippen molar-refractivity contribution in [2.45, 2.75) is 18.6 Å². The Morgan fingerprint density at radius 1 is 1.26 bits per heavy atom. The van der Waals surface area contributed by atoms with E-state index >= 15 is 0 Å². The summed E-state index contributed by atoms with van der Waals surface area (Å²) in [5.74, 6) is -0.204. The summed E-state index contributed by atoms with van der Waals surface area (Å²) < 4.78 is 0.166. The minimum absolute atomic E-state index is 0. The number of rotatable bonds is 5. The van der Waals surface area contributed by atoms with E-state index in [4.69, 9.17) is 5.73 Å². The molecular formula is C15H16BrClN2O4. The molecule has 0 aromatic heterocycles. The van der Waals surface area contributed by atoms with Gasteiger partial charge in [0, 0.05) is 24.1 Å². The molecule has 0 unspecified atom stereocenters. The molecular weight excluding hydrogens is 388 g/mol. The summed E-state index contributed by atoms with van der Waals surface area (Å²) in [6.45, 7) is 0. The molecule has 0 aliphatic heterocycles. The SMILES string of the molecule is Cl.N[C@@H](c1cc([N+](=O)[O-])cc(Br)c1O)[C@H](O)Cc1ccccc1. The fourth-order valence-electron chi connectivity index (χ4n) is 2.15. The number of aliphatic hydroxyl groups excluding tert-OH is 1. The highest BCUT2D eigenvalue weighted by molar-refractivity contribution is 9.10. The van der Waals surface area contributed by atoms with E-state index in [2.05, 4.69) is 15.9 Å². The first-order valence-corrected chi connectivity index (χ1v) is 7.34. The predicted molar refractivity (Wildman–Crippen MR) is 92.8 cm³/mol. The number of phenolic OH excluding ortho intramolecular Hbond substituents is 1. The lowest BCUT2D eigenvalue weighted by molar-refractivity contribution is -0.385. The average molecular weight is 404 g/mol. The van der Waals surface area contributed by atoms with Gasteiger partial charge in [0.1, 0.15) is 5.75 Å². The van der Waals surface area contributed by atoms with Crippen molar-refractivity contribution < 1.29 is 15.1 Å². The van der Waals surface area contributed by atoms with Gasteiger partial charge in [0.25, 0.3) is 5.69 Å². The van der Waals surface area contributed by atoms with Gasteiger partial charge >= 0.3 is 0 Å². The quantitative estimate of drug-likeness (QED) is 0.525. The number of hydrogen-bond donors (Lipinski definition) is 3. The second-order valence-corrected chi connectivity index (χ2v) is 5.76. The van der Waals surface area contributed by atoms with Crippen LogP contribution in [0, 0.1) is 10.1 Å². The Morgan fingerprint density at radius 3 is 2.43 bits per heavy atom. The summed E-state index contributed by atoms with van der Waals surface area (Å²) >= 11 is 3.06. The molecule has 0 radical (unpaired) electrons. The molecule has 0 spiro atoms. The van der Waals surface area contributed by atoms with Crippen LogP contribution in [0.4, 0.5) is 5.69 Å². The molecule has 0 amide bonds. The second kappa shape index (κ2) is 8.26. The van der Waals surface area contributed by atoms with E-state index < -0.39 is 17.1 Å². The van der Waals surface area contributed by atoms with Gasteiger partial charge in [0.05, 0.1) is 21.5 Å². The minimum atomic E-state index is -0.984. The largest absolute Gasteiger partial charge is 0.506 e. The Kier molecular flexibility index (Phi) is 6.96. The maximum atomic E-state index is 10.9. The van der Waals surface area contributed by atoms with Gasteiger partial charge in [0.2, 0.25) is 0 Å². The van der Waals surface area contributed by atoms with Crippen molar-refractivity contribution in [1.29, 1.82) is 0 Å². The van der Waals surface area contributed by atoms with Crippen LogP contribution in [-0.4, -0.2) is 21.2 Å². The van der Waals surface area contributed by atoms with E-state index in [0.717, 1.165) is 5.56 Å². The molecule has 0 aliphatic carbocycles.